The molecule has 0 fully saturated rings. The van der Waals surface area contributed by atoms with Crippen LogP contribution in [0.4, 0.5) is 18.9 Å². The molecule has 0 atom stereocenters. The number of methoxy groups -OCH3 is 1. The van der Waals surface area contributed by atoms with E-state index in [9.17, 15) is 22.8 Å². The summed E-state index contributed by atoms with van der Waals surface area (Å²) in [5.74, 6) is -1.45. The molecule has 0 unspecified atom stereocenters. The van der Waals surface area contributed by atoms with E-state index in [1.54, 1.807) is 30.3 Å². The summed E-state index contributed by atoms with van der Waals surface area (Å²) in [5.41, 5.74) is 2.32. The van der Waals surface area contributed by atoms with Crippen LogP contribution in [0.15, 0.2) is 71.8 Å². The van der Waals surface area contributed by atoms with Gasteiger partial charge in [0, 0.05) is 10.7 Å². The quantitative estimate of drug-likeness (QED) is 0.268. The maximum atomic E-state index is 12.8. The molecule has 2 N–H and O–H groups in total. The minimum Gasteiger partial charge on any atom is -0.493 e. The molecule has 35 heavy (non-hydrogen) atoms. The SMILES string of the molecule is COc1cc(/C=N\NC(=O)C(=O)Nc2cccc(C(F)(F)F)c2)ccc1OCc1ccc(Cl)cc1. The highest BCUT2D eigenvalue weighted by atomic mass is 35.5. The Morgan fingerprint density at radius 1 is 1.00 bits per heavy atom. The molecular formula is C24H19ClF3N3O4. The Labute approximate surface area is 203 Å². The van der Waals surface area contributed by atoms with Gasteiger partial charge in [0.2, 0.25) is 0 Å². The Bertz CT molecular complexity index is 1230. The Kier molecular flexibility index (Phi) is 8.32. The van der Waals surface area contributed by atoms with Crippen LogP contribution >= 0.6 is 11.6 Å². The Morgan fingerprint density at radius 2 is 1.74 bits per heavy atom. The fourth-order valence-corrected chi connectivity index (χ4v) is 2.93. The molecule has 3 aromatic carbocycles. The van der Waals surface area contributed by atoms with Crippen molar-refractivity contribution >= 4 is 35.3 Å². The zero-order valence-electron chi connectivity index (χ0n) is 18.2. The van der Waals surface area contributed by atoms with E-state index in [-0.39, 0.29) is 12.3 Å². The normalized spacial score (nSPS) is 11.2. The number of rotatable bonds is 7. The number of halogens is 4. The number of hydrogen-bond donors (Lipinski definition) is 2. The maximum Gasteiger partial charge on any atom is 0.416 e. The van der Waals surface area contributed by atoms with Gasteiger partial charge in [0.15, 0.2) is 11.5 Å². The molecule has 7 nitrogen and oxygen atoms in total. The van der Waals surface area contributed by atoms with Crippen LogP contribution in [0.2, 0.25) is 5.02 Å². The monoisotopic (exact) mass is 505 g/mol. The average molecular weight is 506 g/mol. The number of carbonyl (C=O) groups is 2. The molecule has 182 valence electrons. The van der Waals surface area contributed by atoms with Gasteiger partial charge >= 0.3 is 18.0 Å². The van der Waals surface area contributed by atoms with Gasteiger partial charge in [-0.05, 0) is 59.7 Å². The van der Waals surface area contributed by atoms with Crippen LogP contribution in [0.1, 0.15) is 16.7 Å². The lowest BCUT2D eigenvalue weighted by Gasteiger charge is -2.11. The van der Waals surface area contributed by atoms with E-state index in [4.69, 9.17) is 21.1 Å². The topological polar surface area (TPSA) is 89.0 Å². The Balaban J connectivity index is 1.56. The van der Waals surface area contributed by atoms with Gasteiger partial charge in [-0.15, -0.1) is 0 Å². The molecule has 0 bridgehead atoms. The van der Waals surface area contributed by atoms with E-state index in [1.807, 2.05) is 17.6 Å². The molecule has 0 aliphatic heterocycles. The number of anilines is 1. The molecule has 2 amide bonds. The Morgan fingerprint density at radius 3 is 2.43 bits per heavy atom. The highest BCUT2D eigenvalue weighted by Crippen LogP contribution is 2.31. The molecule has 11 heteroatoms. The first-order valence-electron chi connectivity index (χ1n) is 10.0. The predicted molar refractivity (Wildman–Crippen MR) is 125 cm³/mol. The van der Waals surface area contributed by atoms with Crippen molar-refractivity contribution in [2.24, 2.45) is 5.10 Å². The lowest BCUT2D eigenvalue weighted by atomic mass is 10.2. The van der Waals surface area contributed by atoms with Crippen molar-refractivity contribution < 1.29 is 32.2 Å². The van der Waals surface area contributed by atoms with Crippen molar-refractivity contribution in [1.82, 2.24) is 5.43 Å². The van der Waals surface area contributed by atoms with Crippen molar-refractivity contribution in [3.63, 3.8) is 0 Å². The molecule has 0 saturated carbocycles. The summed E-state index contributed by atoms with van der Waals surface area (Å²) in [6.07, 6.45) is -3.31. The fraction of sp³-hybridized carbons (Fsp3) is 0.125. The van der Waals surface area contributed by atoms with Gasteiger partial charge in [-0.3, -0.25) is 9.59 Å². The van der Waals surface area contributed by atoms with Gasteiger partial charge in [0.05, 0.1) is 18.9 Å². The number of amides is 2. The number of nitrogens with one attached hydrogen (secondary N) is 2. The number of benzene rings is 3. The number of nitrogens with zero attached hydrogens (tertiary/aromatic N) is 1. The minimum absolute atomic E-state index is 0.178. The number of hydrazone groups is 1. The van der Waals surface area contributed by atoms with Gasteiger partial charge in [0.1, 0.15) is 6.61 Å². The first-order chi connectivity index (χ1) is 16.7. The van der Waals surface area contributed by atoms with E-state index in [0.717, 1.165) is 23.8 Å². The lowest BCUT2D eigenvalue weighted by molar-refractivity contribution is -0.137. The zero-order chi connectivity index (χ0) is 25.4. The number of carbonyl (C=O) groups excluding carboxylic acids is 2. The number of alkyl halides is 3. The molecule has 3 aromatic rings. The third-order valence-corrected chi connectivity index (χ3v) is 4.78. The van der Waals surface area contributed by atoms with Crippen LogP contribution in [0, 0.1) is 0 Å². The van der Waals surface area contributed by atoms with Crippen LogP contribution in [0.5, 0.6) is 11.5 Å². The number of ether oxygens (including phenoxy) is 2. The lowest BCUT2D eigenvalue weighted by Crippen LogP contribution is -2.32. The van der Waals surface area contributed by atoms with Crippen LogP contribution in [0.25, 0.3) is 0 Å². The summed E-state index contributed by atoms with van der Waals surface area (Å²) in [4.78, 5) is 23.9. The average Bonchev–Trinajstić information content (AvgIpc) is 2.83. The molecule has 0 aliphatic carbocycles. The second-order valence-corrected chi connectivity index (χ2v) is 7.49. The second-order valence-electron chi connectivity index (χ2n) is 7.06. The molecule has 0 saturated heterocycles. The van der Waals surface area contributed by atoms with Crippen LogP contribution in [0.3, 0.4) is 0 Å². The predicted octanol–water partition coefficient (Wildman–Crippen LogP) is 5.04. The van der Waals surface area contributed by atoms with Gasteiger partial charge < -0.3 is 14.8 Å². The van der Waals surface area contributed by atoms with Crippen molar-refractivity contribution in [2.45, 2.75) is 12.8 Å². The van der Waals surface area contributed by atoms with E-state index in [0.29, 0.717) is 22.1 Å². The highest BCUT2D eigenvalue weighted by molar-refractivity contribution is 6.39. The first kappa shape index (κ1) is 25.6. The summed E-state index contributed by atoms with van der Waals surface area (Å²) < 4.78 is 49.4. The fourth-order valence-electron chi connectivity index (χ4n) is 2.80. The largest absolute Gasteiger partial charge is 0.493 e. The van der Waals surface area contributed by atoms with Crippen molar-refractivity contribution in [1.29, 1.82) is 0 Å². The van der Waals surface area contributed by atoms with Crippen molar-refractivity contribution in [2.75, 3.05) is 12.4 Å². The molecular weight excluding hydrogens is 487 g/mol. The van der Waals surface area contributed by atoms with Crippen molar-refractivity contribution in [3.8, 4) is 11.5 Å². The van der Waals surface area contributed by atoms with Gasteiger partial charge in [0.25, 0.3) is 0 Å². The van der Waals surface area contributed by atoms with Gasteiger partial charge in [-0.25, -0.2) is 5.43 Å². The molecule has 0 spiro atoms. The summed E-state index contributed by atoms with van der Waals surface area (Å²) in [7, 11) is 1.46. The standard InChI is InChI=1S/C24H19ClF3N3O4/c1-34-21-11-16(7-10-20(21)35-14-15-5-8-18(25)9-6-15)13-29-31-23(33)22(32)30-19-4-2-3-17(12-19)24(26,27)28/h2-13H,14H2,1H3,(H,30,32)(H,31,33)/b29-13-. The van der Waals surface area contributed by atoms with Crippen LogP contribution in [-0.2, 0) is 22.4 Å². The van der Waals surface area contributed by atoms with E-state index < -0.39 is 23.6 Å². The Hall–Kier alpha value is -4.05. The summed E-state index contributed by atoms with van der Waals surface area (Å²) >= 11 is 5.87. The summed E-state index contributed by atoms with van der Waals surface area (Å²) in [6.45, 7) is 0.290. The highest BCUT2D eigenvalue weighted by Gasteiger charge is 2.30. The molecule has 0 aromatic heterocycles. The molecule has 0 heterocycles. The first-order valence-corrected chi connectivity index (χ1v) is 10.4. The third kappa shape index (κ3) is 7.47. The molecule has 0 radical (unpaired) electrons. The van der Waals surface area contributed by atoms with E-state index in [2.05, 4.69) is 10.4 Å². The summed E-state index contributed by atoms with van der Waals surface area (Å²) in [6, 6.07) is 16.0. The minimum atomic E-state index is -4.58. The second kappa shape index (κ2) is 11.4. The molecule has 3 rings (SSSR count). The van der Waals surface area contributed by atoms with Gasteiger partial charge in [-0.2, -0.15) is 18.3 Å². The maximum absolute atomic E-state index is 12.8. The summed E-state index contributed by atoms with van der Waals surface area (Å²) in [5, 5.41) is 6.40. The van der Waals surface area contributed by atoms with E-state index >= 15 is 0 Å². The van der Waals surface area contributed by atoms with Gasteiger partial charge in [-0.1, -0.05) is 29.8 Å². The van der Waals surface area contributed by atoms with Crippen LogP contribution < -0.4 is 20.2 Å². The number of hydrogen-bond acceptors (Lipinski definition) is 5. The van der Waals surface area contributed by atoms with Crippen molar-refractivity contribution in [3.05, 3.63) is 88.4 Å². The zero-order valence-corrected chi connectivity index (χ0v) is 19.0. The smallest absolute Gasteiger partial charge is 0.416 e. The van der Waals surface area contributed by atoms with Crippen LogP contribution in [-0.4, -0.2) is 25.1 Å². The van der Waals surface area contributed by atoms with E-state index in [1.165, 1.54) is 19.4 Å². The molecule has 0 aliphatic rings. The third-order valence-electron chi connectivity index (χ3n) is 4.53.